The predicted molar refractivity (Wildman–Crippen MR) is 157 cm³/mol. The number of amides is 5. The molecule has 1 heterocycles. The number of ketones is 2. The highest BCUT2D eigenvalue weighted by molar-refractivity contribution is 6.38. The van der Waals surface area contributed by atoms with Crippen molar-refractivity contribution in [2.45, 2.75) is 110 Å². The minimum absolute atomic E-state index is 0.0245. The molecule has 12 nitrogen and oxygen atoms in total. The van der Waals surface area contributed by atoms with E-state index in [-0.39, 0.29) is 43.6 Å². The fraction of sp³-hybridized carbons (Fsp3) is 0.733. The van der Waals surface area contributed by atoms with Gasteiger partial charge in [-0.1, -0.05) is 60.5 Å². The zero-order valence-corrected chi connectivity index (χ0v) is 25.8. The van der Waals surface area contributed by atoms with Gasteiger partial charge in [0, 0.05) is 25.4 Å². The Morgan fingerprint density at radius 2 is 1.69 bits per heavy atom. The summed E-state index contributed by atoms with van der Waals surface area (Å²) < 4.78 is 0. The lowest BCUT2D eigenvalue weighted by molar-refractivity contribution is -0.143. The topological polar surface area (TPSA) is 174 Å². The number of nitrogens with zero attached hydrogens (tertiary/aromatic N) is 1. The van der Waals surface area contributed by atoms with Crippen molar-refractivity contribution in [3.63, 3.8) is 0 Å². The summed E-state index contributed by atoms with van der Waals surface area (Å²) in [7, 11) is 0. The molecule has 1 aliphatic carbocycles. The Morgan fingerprint density at radius 1 is 1.05 bits per heavy atom. The van der Waals surface area contributed by atoms with Gasteiger partial charge < -0.3 is 31.3 Å². The maximum absolute atomic E-state index is 13.9. The number of hydrogen-bond donors (Lipinski definition) is 5. The molecule has 2 fully saturated rings. The number of unbranched alkanes of at least 4 members (excludes halogenated alkanes) is 1. The largest absolute Gasteiger partial charge is 0.391 e. The van der Waals surface area contributed by atoms with Crippen molar-refractivity contribution in [3.8, 4) is 0 Å². The second-order valence-electron chi connectivity index (χ2n) is 12.8. The summed E-state index contributed by atoms with van der Waals surface area (Å²) in [6.45, 7) is 14.3. The average Bonchev–Trinajstić information content (AvgIpc) is 3.70. The number of aliphatic hydroxyl groups excluding tert-OH is 1. The van der Waals surface area contributed by atoms with Crippen molar-refractivity contribution < 1.29 is 33.9 Å². The second-order valence-corrected chi connectivity index (χ2v) is 12.8. The molecule has 0 aromatic rings. The van der Waals surface area contributed by atoms with Gasteiger partial charge in [-0.3, -0.25) is 24.0 Å². The Morgan fingerprint density at radius 3 is 2.21 bits per heavy atom. The van der Waals surface area contributed by atoms with E-state index in [1.807, 2.05) is 20.8 Å². The van der Waals surface area contributed by atoms with E-state index in [1.165, 1.54) is 11.0 Å². The number of rotatable bonds is 15. The lowest BCUT2D eigenvalue weighted by atomic mass is 9.85. The van der Waals surface area contributed by atoms with Gasteiger partial charge in [0.2, 0.25) is 17.6 Å². The minimum Gasteiger partial charge on any atom is -0.391 e. The molecule has 1 saturated carbocycles. The third-order valence-corrected chi connectivity index (χ3v) is 7.60. The molecule has 1 saturated heterocycles. The predicted octanol–water partition coefficient (Wildman–Crippen LogP) is 1.21. The first-order valence-electron chi connectivity index (χ1n) is 14.9. The van der Waals surface area contributed by atoms with Gasteiger partial charge in [0.1, 0.15) is 12.1 Å². The molecule has 1 aliphatic heterocycles. The molecule has 5 amide bonds. The molecule has 0 radical (unpaired) electrons. The van der Waals surface area contributed by atoms with E-state index < -0.39 is 65.2 Å². The number of aliphatic hydroxyl groups is 1. The smallest absolute Gasteiger partial charge is 0.316 e. The molecule has 0 bridgehead atoms. The van der Waals surface area contributed by atoms with Crippen molar-refractivity contribution in [1.29, 1.82) is 0 Å². The van der Waals surface area contributed by atoms with Gasteiger partial charge in [-0.2, -0.15) is 0 Å². The molecule has 0 aromatic carbocycles. The molecule has 2 rings (SSSR count). The van der Waals surface area contributed by atoms with Crippen molar-refractivity contribution in [3.05, 3.63) is 12.7 Å². The molecule has 2 aliphatic rings. The van der Waals surface area contributed by atoms with E-state index in [4.69, 9.17) is 0 Å². The summed E-state index contributed by atoms with van der Waals surface area (Å²) in [5.74, 6) is -3.12. The maximum atomic E-state index is 13.9. The van der Waals surface area contributed by atoms with Crippen molar-refractivity contribution in [2.75, 3.05) is 13.1 Å². The lowest BCUT2D eigenvalue weighted by Gasteiger charge is -2.36. The Kier molecular flexibility index (Phi) is 12.7. The lowest BCUT2D eigenvalue weighted by Crippen LogP contribution is -2.61. The number of Topliss-reactive ketones (excluding diaryl/α,β-unsaturated/α-hetero) is 2. The summed E-state index contributed by atoms with van der Waals surface area (Å²) in [4.78, 5) is 79.4. The van der Waals surface area contributed by atoms with Crippen LogP contribution in [0.25, 0.3) is 0 Å². The minimum atomic E-state index is -1.12. The Labute approximate surface area is 248 Å². The first-order chi connectivity index (χ1) is 19.6. The van der Waals surface area contributed by atoms with E-state index in [2.05, 4.69) is 27.8 Å². The highest BCUT2D eigenvalue weighted by atomic mass is 16.3. The van der Waals surface area contributed by atoms with E-state index in [9.17, 15) is 33.9 Å². The van der Waals surface area contributed by atoms with Gasteiger partial charge in [0.15, 0.2) is 5.78 Å². The number of β-amino-alcohol motifs (C(OH)–C–C–N with tert-alkyl or cyclic N) is 1. The number of urea groups is 1. The van der Waals surface area contributed by atoms with E-state index in [0.717, 1.165) is 19.3 Å². The van der Waals surface area contributed by atoms with Gasteiger partial charge in [-0.25, -0.2) is 4.79 Å². The number of carbonyl (C=O) groups excluding carboxylic acids is 6. The second kappa shape index (κ2) is 15.3. The molecule has 42 heavy (non-hydrogen) atoms. The van der Waals surface area contributed by atoms with Crippen LogP contribution in [0.4, 0.5) is 4.79 Å². The van der Waals surface area contributed by atoms with Gasteiger partial charge >= 0.3 is 6.03 Å². The van der Waals surface area contributed by atoms with Crippen LogP contribution in [0.15, 0.2) is 12.7 Å². The molecular weight excluding hydrogens is 542 g/mol. The van der Waals surface area contributed by atoms with E-state index in [0.29, 0.717) is 6.42 Å². The summed E-state index contributed by atoms with van der Waals surface area (Å²) in [6, 6.07) is -4.68. The third-order valence-electron chi connectivity index (χ3n) is 7.60. The van der Waals surface area contributed by atoms with Crippen LogP contribution in [-0.2, 0) is 24.0 Å². The van der Waals surface area contributed by atoms with Crippen LogP contribution in [0.3, 0.4) is 0 Å². The molecule has 236 valence electrons. The van der Waals surface area contributed by atoms with Crippen LogP contribution in [-0.4, -0.2) is 88.7 Å². The SMILES string of the molecule is C=CCNC(=O)C(=O)C(CCCC)NC(=O)[C@@H]1CC(O)CN1C(=O)[C@@H](NC(=O)N[C@H](C(=O)C1CC1)C(C)C)C(C)(C)C. The maximum Gasteiger partial charge on any atom is 0.316 e. The van der Waals surface area contributed by atoms with E-state index >= 15 is 0 Å². The van der Waals surface area contributed by atoms with Gasteiger partial charge in [0.05, 0.1) is 18.2 Å². The molecule has 5 atom stereocenters. The highest BCUT2D eigenvalue weighted by Crippen LogP contribution is 2.32. The van der Waals surface area contributed by atoms with Crippen molar-refractivity contribution in [2.24, 2.45) is 17.3 Å². The molecule has 5 N–H and O–H groups in total. The fourth-order valence-corrected chi connectivity index (χ4v) is 4.98. The van der Waals surface area contributed by atoms with Gasteiger partial charge in [0.25, 0.3) is 5.91 Å². The zero-order chi connectivity index (χ0) is 31.8. The zero-order valence-electron chi connectivity index (χ0n) is 25.8. The number of likely N-dealkylation sites (tertiary alicyclic amines) is 1. The monoisotopic (exact) mass is 591 g/mol. The van der Waals surface area contributed by atoms with Crippen LogP contribution in [0, 0.1) is 17.3 Å². The van der Waals surface area contributed by atoms with Crippen LogP contribution >= 0.6 is 0 Å². The molecular formula is C30H49N5O7. The standard InChI is InChI=1S/C30H49N5O7/c1-8-10-11-20(24(38)27(40)31-14-9-2)32-26(39)21-15-19(36)16-35(21)28(41)25(30(5,6)7)34-29(42)33-22(17(3)4)23(37)18-12-13-18/h9,17-22,25,36H,2,8,10-16H2,1,3-7H3,(H,31,40)(H,32,39)(H2,33,34,42)/t19?,20?,21-,22-,25+/m0/s1. The van der Waals surface area contributed by atoms with Crippen molar-refractivity contribution in [1.82, 2.24) is 26.2 Å². The highest BCUT2D eigenvalue weighted by Gasteiger charge is 2.46. The van der Waals surface area contributed by atoms with Gasteiger partial charge in [-0.05, 0) is 30.6 Å². The molecule has 0 aromatic heterocycles. The van der Waals surface area contributed by atoms with Crippen molar-refractivity contribution >= 4 is 35.3 Å². The number of nitrogens with one attached hydrogen (secondary N) is 4. The first kappa shape index (κ1) is 34.9. The Hall–Kier alpha value is -3.28. The fourth-order valence-electron chi connectivity index (χ4n) is 4.98. The molecule has 2 unspecified atom stereocenters. The summed E-state index contributed by atoms with van der Waals surface area (Å²) in [5, 5.41) is 20.9. The molecule has 12 heteroatoms. The van der Waals surface area contributed by atoms with Crippen LogP contribution < -0.4 is 21.3 Å². The molecule has 0 spiro atoms. The van der Waals surface area contributed by atoms with Gasteiger partial charge in [-0.15, -0.1) is 6.58 Å². The quantitative estimate of drug-likeness (QED) is 0.141. The van der Waals surface area contributed by atoms with Crippen LogP contribution in [0.5, 0.6) is 0 Å². The van der Waals surface area contributed by atoms with Crippen LogP contribution in [0.2, 0.25) is 0 Å². The Bertz CT molecular complexity index is 1030. The Balaban J connectivity index is 2.21. The first-order valence-corrected chi connectivity index (χ1v) is 14.9. The number of carbonyl (C=O) groups is 6. The van der Waals surface area contributed by atoms with Crippen LogP contribution in [0.1, 0.15) is 80.1 Å². The third kappa shape index (κ3) is 9.64. The van der Waals surface area contributed by atoms with E-state index in [1.54, 1.807) is 20.8 Å². The summed E-state index contributed by atoms with van der Waals surface area (Å²) in [5.41, 5.74) is -0.792. The number of hydrogen-bond acceptors (Lipinski definition) is 7. The normalized spacial score (nSPS) is 20.7. The summed E-state index contributed by atoms with van der Waals surface area (Å²) >= 11 is 0. The average molecular weight is 592 g/mol. The summed E-state index contributed by atoms with van der Waals surface area (Å²) in [6.07, 6.45) is 3.51.